The number of ether oxygens (including phenoxy) is 1. The summed E-state index contributed by atoms with van der Waals surface area (Å²) in [6.45, 7) is 5.22. The van der Waals surface area contributed by atoms with E-state index >= 15 is 0 Å². The maximum Gasteiger partial charge on any atom is 0.119 e. The third-order valence-electron chi connectivity index (χ3n) is 7.59. The van der Waals surface area contributed by atoms with E-state index in [0.29, 0.717) is 0 Å². The van der Waals surface area contributed by atoms with E-state index in [9.17, 15) is 0 Å². The molecular formula is C30H44O. The third kappa shape index (κ3) is 8.40. The highest BCUT2D eigenvalue weighted by molar-refractivity contribution is 5.40. The Morgan fingerprint density at radius 1 is 0.839 bits per heavy atom. The van der Waals surface area contributed by atoms with Gasteiger partial charge in [0.2, 0.25) is 0 Å². The Morgan fingerprint density at radius 3 is 2.16 bits per heavy atom. The second-order valence-electron chi connectivity index (χ2n) is 9.95. The molecule has 0 aromatic heterocycles. The van der Waals surface area contributed by atoms with Crippen molar-refractivity contribution in [2.24, 2.45) is 23.7 Å². The molecule has 0 heterocycles. The average Bonchev–Trinajstić information content (AvgIpc) is 2.82. The van der Waals surface area contributed by atoms with Crippen LogP contribution in [0.5, 0.6) is 5.75 Å². The van der Waals surface area contributed by atoms with Gasteiger partial charge < -0.3 is 4.74 Å². The molecule has 2 fully saturated rings. The first-order chi connectivity index (χ1) is 15.3. The zero-order valence-corrected chi connectivity index (χ0v) is 20.1. The Bertz CT molecular complexity index is 688. The maximum atomic E-state index is 5.63. The fourth-order valence-corrected chi connectivity index (χ4v) is 5.60. The molecule has 0 spiro atoms. The number of hydrogen-bond donors (Lipinski definition) is 0. The predicted octanol–water partition coefficient (Wildman–Crippen LogP) is 8.58. The summed E-state index contributed by atoms with van der Waals surface area (Å²) in [4.78, 5) is 0. The van der Waals surface area contributed by atoms with Crippen LogP contribution in [0, 0.1) is 35.5 Å². The first kappa shape index (κ1) is 24.0. The molecular weight excluding hydrogens is 376 g/mol. The Labute approximate surface area is 192 Å². The van der Waals surface area contributed by atoms with Crippen LogP contribution in [0.1, 0.15) is 103 Å². The Morgan fingerprint density at radius 2 is 1.52 bits per heavy atom. The van der Waals surface area contributed by atoms with Crippen LogP contribution in [-0.2, 0) is 0 Å². The number of benzene rings is 1. The summed E-state index contributed by atoms with van der Waals surface area (Å²) in [7, 11) is 0. The lowest BCUT2D eigenvalue weighted by atomic mass is 9.68. The van der Waals surface area contributed by atoms with Crippen LogP contribution in [0.3, 0.4) is 0 Å². The highest BCUT2D eigenvalue weighted by Crippen LogP contribution is 2.42. The molecule has 1 aromatic rings. The smallest absolute Gasteiger partial charge is 0.119 e. The van der Waals surface area contributed by atoms with Gasteiger partial charge in [0.05, 0.1) is 6.61 Å². The third-order valence-corrected chi connectivity index (χ3v) is 7.59. The van der Waals surface area contributed by atoms with Gasteiger partial charge in [-0.25, -0.2) is 0 Å². The van der Waals surface area contributed by atoms with Gasteiger partial charge in [-0.05, 0) is 99.0 Å². The lowest BCUT2D eigenvalue weighted by Gasteiger charge is -2.37. The van der Waals surface area contributed by atoms with Crippen molar-refractivity contribution in [1.82, 2.24) is 0 Å². The van der Waals surface area contributed by atoms with Crippen molar-refractivity contribution in [2.45, 2.75) is 97.3 Å². The van der Waals surface area contributed by atoms with Gasteiger partial charge >= 0.3 is 0 Å². The lowest BCUT2D eigenvalue weighted by Crippen LogP contribution is -2.25. The summed E-state index contributed by atoms with van der Waals surface area (Å²) in [5.41, 5.74) is 1.06. The summed E-state index contributed by atoms with van der Waals surface area (Å²) in [6.07, 6.45) is 22.9. The predicted molar refractivity (Wildman–Crippen MR) is 133 cm³/mol. The monoisotopic (exact) mass is 420 g/mol. The van der Waals surface area contributed by atoms with E-state index in [-0.39, 0.29) is 0 Å². The summed E-state index contributed by atoms with van der Waals surface area (Å²) in [5.74, 6) is 11.2. The fourth-order valence-electron chi connectivity index (χ4n) is 5.60. The molecule has 0 N–H and O–H groups in total. The molecule has 0 radical (unpaired) electrons. The molecule has 170 valence electrons. The zero-order chi connectivity index (χ0) is 21.7. The first-order valence-corrected chi connectivity index (χ1v) is 13.2. The molecule has 0 saturated heterocycles. The quantitative estimate of drug-likeness (QED) is 0.287. The van der Waals surface area contributed by atoms with Crippen molar-refractivity contribution in [3.05, 3.63) is 42.0 Å². The lowest BCUT2D eigenvalue weighted by molar-refractivity contribution is 0.151. The largest absolute Gasteiger partial charge is 0.494 e. The Kier molecular flexibility index (Phi) is 10.6. The topological polar surface area (TPSA) is 9.23 Å². The van der Waals surface area contributed by atoms with Gasteiger partial charge in [0.15, 0.2) is 0 Å². The highest BCUT2D eigenvalue weighted by atomic mass is 16.5. The van der Waals surface area contributed by atoms with Crippen LogP contribution >= 0.6 is 0 Å². The minimum absolute atomic E-state index is 0.737. The van der Waals surface area contributed by atoms with E-state index < -0.39 is 0 Å². The molecule has 1 nitrogen and oxygen atoms in total. The molecule has 0 aliphatic heterocycles. The van der Waals surface area contributed by atoms with Crippen LogP contribution in [0.25, 0.3) is 0 Å². The normalized spacial score (nSPS) is 26.4. The van der Waals surface area contributed by atoms with Crippen molar-refractivity contribution >= 4 is 0 Å². The molecule has 1 aromatic carbocycles. The zero-order valence-electron chi connectivity index (χ0n) is 20.1. The second kappa shape index (κ2) is 13.7. The van der Waals surface area contributed by atoms with E-state index in [2.05, 4.69) is 50.0 Å². The van der Waals surface area contributed by atoms with E-state index in [1.54, 1.807) is 0 Å². The van der Waals surface area contributed by atoms with Crippen LogP contribution in [0.2, 0.25) is 0 Å². The molecule has 1 heteroatoms. The van der Waals surface area contributed by atoms with Crippen molar-refractivity contribution in [1.29, 1.82) is 0 Å². The Balaban J connectivity index is 1.34. The van der Waals surface area contributed by atoms with Gasteiger partial charge in [-0.2, -0.15) is 0 Å². The van der Waals surface area contributed by atoms with Crippen LogP contribution < -0.4 is 4.74 Å². The SMILES string of the molecule is CCCCCC1CCC(C2CCC(C=CC#Cc3ccc(OCCC)cc3)CC2)CC1. The maximum absolute atomic E-state index is 5.63. The van der Waals surface area contributed by atoms with Crippen LogP contribution in [-0.4, -0.2) is 6.61 Å². The second-order valence-corrected chi connectivity index (χ2v) is 9.95. The van der Waals surface area contributed by atoms with Crippen LogP contribution in [0.15, 0.2) is 36.4 Å². The van der Waals surface area contributed by atoms with Crippen molar-refractivity contribution in [3.63, 3.8) is 0 Å². The van der Waals surface area contributed by atoms with Crippen LogP contribution in [0.4, 0.5) is 0 Å². The summed E-state index contributed by atoms with van der Waals surface area (Å²) < 4.78 is 5.63. The number of unbranched alkanes of at least 4 members (excludes halogenated alkanes) is 2. The summed E-state index contributed by atoms with van der Waals surface area (Å²) in [6, 6.07) is 8.14. The van der Waals surface area contributed by atoms with Gasteiger partial charge in [-0.1, -0.05) is 70.3 Å². The van der Waals surface area contributed by atoms with Gasteiger partial charge in [-0.3, -0.25) is 0 Å². The average molecular weight is 421 g/mol. The minimum Gasteiger partial charge on any atom is -0.494 e. The molecule has 2 aliphatic rings. The molecule has 0 amide bonds. The van der Waals surface area contributed by atoms with E-state index in [1.165, 1.54) is 77.0 Å². The van der Waals surface area contributed by atoms with Gasteiger partial charge in [-0.15, -0.1) is 0 Å². The molecule has 0 atom stereocenters. The van der Waals surface area contributed by atoms with E-state index in [4.69, 9.17) is 4.74 Å². The van der Waals surface area contributed by atoms with Crippen molar-refractivity contribution in [2.75, 3.05) is 6.61 Å². The van der Waals surface area contributed by atoms with E-state index in [1.807, 2.05) is 12.1 Å². The van der Waals surface area contributed by atoms with Gasteiger partial charge in [0.1, 0.15) is 5.75 Å². The van der Waals surface area contributed by atoms with Gasteiger partial charge in [0.25, 0.3) is 0 Å². The first-order valence-electron chi connectivity index (χ1n) is 13.2. The molecule has 31 heavy (non-hydrogen) atoms. The van der Waals surface area contributed by atoms with Gasteiger partial charge in [0, 0.05) is 5.56 Å². The number of hydrogen-bond acceptors (Lipinski definition) is 1. The highest BCUT2D eigenvalue weighted by Gasteiger charge is 2.30. The molecule has 2 aliphatic carbocycles. The van der Waals surface area contributed by atoms with Crippen molar-refractivity contribution < 1.29 is 4.74 Å². The fraction of sp³-hybridized carbons (Fsp3) is 0.667. The van der Waals surface area contributed by atoms with E-state index in [0.717, 1.165) is 48.0 Å². The standard InChI is InChI=1S/C30H44O/c1-3-5-6-9-25-12-18-28(19-13-25)29-20-14-26(15-21-29)10-7-8-11-27-16-22-30(23-17-27)31-24-4-2/h7,10,16-17,22-23,25-26,28-29H,3-6,9,12-15,18-21,24H2,1-2H3. The molecule has 3 rings (SSSR count). The molecule has 0 unspecified atom stereocenters. The number of allylic oxidation sites excluding steroid dienone is 2. The summed E-state index contributed by atoms with van der Waals surface area (Å²) >= 11 is 0. The summed E-state index contributed by atoms with van der Waals surface area (Å²) in [5, 5.41) is 0. The minimum atomic E-state index is 0.737. The molecule has 2 saturated carbocycles. The Hall–Kier alpha value is -1.68. The number of rotatable bonds is 9. The molecule has 0 bridgehead atoms. The van der Waals surface area contributed by atoms with Crippen molar-refractivity contribution in [3.8, 4) is 17.6 Å².